The second kappa shape index (κ2) is 7.17. The van der Waals surface area contributed by atoms with E-state index in [2.05, 4.69) is 0 Å². The van der Waals surface area contributed by atoms with E-state index in [1.807, 2.05) is 60.7 Å². The van der Waals surface area contributed by atoms with Gasteiger partial charge in [0.15, 0.2) is 0 Å². The highest BCUT2D eigenvalue weighted by Crippen LogP contribution is 2.28. The van der Waals surface area contributed by atoms with Gasteiger partial charge in [0.2, 0.25) is 0 Å². The fourth-order valence-corrected chi connectivity index (χ4v) is 2.98. The molecule has 1 aliphatic rings. The zero-order valence-electron chi connectivity index (χ0n) is 13.3. The number of nitrogens with zero attached hydrogens (tertiary/aromatic N) is 2. The molecule has 0 atom stereocenters. The van der Waals surface area contributed by atoms with Crippen LogP contribution in [0.25, 0.3) is 0 Å². The van der Waals surface area contributed by atoms with Crippen molar-refractivity contribution in [3.05, 3.63) is 60.7 Å². The maximum absolute atomic E-state index is 13.1. The van der Waals surface area contributed by atoms with Gasteiger partial charge in [0, 0.05) is 13.1 Å². The molecule has 0 radical (unpaired) electrons. The standard InChI is InChI=1S/C19H20N2O3/c22-18(23)15-11-13-20(14-12-15)19(24)21(16-7-3-1-4-8-16)17-9-5-2-6-10-17/h1-10,15H,11-14H2,(H,22,23). The predicted molar refractivity (Wildman–Crippen MR) is 92.4 cm³/mol. The first kappa shape index (κ1) is 16.1. The summed E-state index contributed by atoms with van der Waals surface area (Å²) in [6, 6.07) is 18.9. The van der Waals surface area contributed by atoms with Crippen LogP contribution in [-0.4, -0.2) is 35.1 Å². The van der Waals surface area contributed by atoms with E-state index < -0.39 is 5.97 Å². The lowest BCUT2D eigenvalue weighted by Crippen LogP contribution is -2.46. The summed E-state index contributed by atoms with van der Waals surface area (Å²) < 4.78 is 0. The molecular formula is C19H20N2O3. The van der Waals surface area contributed by atoms with Gasteiger partial charge in [-0.1, -0.05) is 36.4 Å². The summed E-state index contributed by atoms with van der Waals surface area (Å²) >= 11 is 0. The Labute approximate surface area is 141 Å². The smallest absolute Gasteiger partial charge is 0.329 e. The molecule has 5 nitrogen and oxygen atoms in total. The largest absolute Gasteiger partial charge is 0.481 e. The number of carboxylic acid groups (broad SMARTS) is 1. The molecule has 0 spiro atoms. The molecule has 0 bridgehead atoms. The van der Waals surface area contributed by atoms with Gasteiger partial charge in [-0.15, -0.1) is 0 Å². The SMILES string of the molecule is O=C(O)C1CCN(C(=O)N(c2ccccc2)c2ccccc2)CC1. The van der Waals surface area contributed by atoms with Crippen molar-refractivity contribution in [3.63, 3.8) is 0 Å². The van der Waals surface area contributed by atoms with E-state index >= 15 is 0 Å². The second-order valence-electron chi connectivity index (χ2n) is 5.89. The fraction of sp³-hybridized carbons (Fsp3) is 0.263. The molecule has 124 valence electrons. The van der Waals surface area contributed by atoms with Crippen LogP contribution in [0.5, 0.6) is 0 Å². The lowest BCUT2D eigenvalue weighted by Gasteiger charge is -2.34. The Morgan fingerprint density at radius 1 is 0.875 bits per heavy atom. The number of carboxylic acids is 1. The molecule has 3 rings (SSSR count). The van der Waals surface area contributed by atoms with Gasteiger partial charge in [-0.3, -0.25) is 9.69 Å². The Morgan fingerprint density at radius 2 is 1.33 bits per heavy atom. The van der Waals surface area contributed by atoms with Gasteiger partial charge in [-0.25, -0.2) is 4.79 Å². The number of urea groups is 1. The lowest BCUT2D eigenvalue weighted by atomic mass is 9.97. The van der Waals surface area contributed by atoms with Crippen molar-refractivity contribution in [3.8, 4) is 0 Å². The maximum Gasteiger partial charge on any atom is 0.329 e. The summed E-state index contributed by atoms with van der Waals surface area (Å²) in [5.74, 6) is -1.12. The van der Waals surface area contributed by atoms with Crippen molar-refractivity contribution in [2.45, 2.75) is 12.8 Å². The first-order chi connectivity index (χ1) is 11.7. The average Bonchev–Trinajstić information content (AvgIpc) is 2.64. The predicted octanol–water partition coefficient (Wildman–Crippen LogP) is 3.74. The molecule has 1 heterocycles. The molecule has 2 aromatic carbocycles. The van der Waals surface area contributed by atoms with Crippen molar-refractivity contribution in [1.82, 2.24) is 4.90 Å². The van der Waals surface area contributed by atoms with E-state index in [4.69, 9.17) is 5.11 Å². The van der Waals surface area contributed by atoms with Crippen LogP contribution in [0.2, 0.25) is 0 Å². The number of carbonyl (C=O) groups excluding carboxylic acids is 1. The number of benzene rings is 2. The van der Waals surface area contributed by atoms with Gasteiger partial charge >= 0.3 is 12.0 Å². The Bertz CT molecular complexity index is 656. The number of anilines is 2. The molecule has 0 saturated carbocycles. The molecule has 2 aromatic rings. The third-order valence-electron chi connectivity index (χ3n) is 4.33. The normalized spacial score (nSPS) is 15.1. The Morgan fingerprint density at radius 3 is 1.75 bits per heavy atom. The van der Waals surface area contributed by atoms with Crippen molar-refractivity contribution >= 4 is 23.4 Å². The number of hydrogen-bond donors (Lipinski definition) is 1. The van der Waals surface area contributed by atoms with E-state index in [1.165, 1.54) is 0 Å². The zero-order chi connectivity index (χ0) is 16.9. The number of likely N-dealkylation sites (tertiary alicyclic amines) is 1. The molecule has 2 amide bonds. The molecule has 0 unspecified atom stereocenters. The van der Waals surface area contributed by atoms with Crippen LogP contribution in [0.1, 0.15) is 12.8 Å². The summed E-state index contributed by atoms with van der Waals surface area (Å²) in [6.07, 6.45) is 0.997. The molecule has 5 heteroatoms. The quantitative estimate of drug-likeness (QED) is 0.935. The summed E-state index contributed by atoms with van der Waals surface area (Å²) in [4.78, 5) is 27.6. The number of hydrogen-bond acceptors (Lipinski definition) is 2. The van der Waals surface area contributed by atoms with Crippen LogP contribution in [0.3, 0.4) is 0 Å². The number of piperidine rings is 1. The zero-order valence-corrected chi connectivity index (χ0v) is 13.3. The molecular weight excluding hydrogens is 304 g/mol. The third-order valence-corrected chi connectivity index (χ3v) is 4.33. The van der Waals surface area contributed by atoms with Crippen LogP contribution < -0.4 is 4.90 Å². The monoisotopic (exact) mass is 324 g/mol. The van der Waals surface area contributed by atoms with Crippen LogP contribution in [0, 0.1) is 5.92 Å². The second-order valence-corrected chi connectivity index (χ2v) is 5.89. The number of carbonyl (C=O) groups is 2. The van der Waals surface area contributed by atoms with Gasteiger partial charge in [-0.2, -0.15) is 0 Å². The minimum atomic E-state index is -0.773. The first-order valence-electron chi connectivity index (χ1n) is 8.09. The Hall–Kier alpha value is -2.82. The van der Waals surface area contributed by atoms with Crippen LogP contribution in [-0.2, 0) is 4.79 Å². The molecule has 1 N–H and O–H groups in total. The number of aliphatic carboxylic acids is 1. The average molecular weight is 324 g/mol. The van der Waals surface area contributed by atoms with E-state index in [9.17, 15) is 9.59 Å². The summed E-state index contributed by atoms with van der Waals surface area (Å²) in [5, 5.41) is 9.11. The third kappa shape index (κ3) is 3.40. The molecule has 0 aromatic heterocycles. The fourth-order valence-electron chi connectivity index (χ4n) is 2.98. The van der Waals surface area contributed by atoms with Crippen LogP contribution in [0.4, 0.5) is 16.2 Å². The molecule has 24 heavy (non-hydrogen) atoms. The van der Waals surface area contributed by atoms with Crippen molar-refractivity contribution in [2.75, 3.05) is 18.0 Å². The molecule has 1 saturated heterocycles. The Balaban J connectivity index is 1.84. The molecule has 1 fully saturated rings. The number of rotatable bonds is 3. The van der Waals surface area contributed by atoms with Gasteiger partial charge < -0.3 is 10.0 Å². The van der Waals surface area contributed by atoms with Gasteiger partial charge in [0.25, 0.3) is 0 Å². The van der Waals surface area contributed by atoms with Crippen LogP contribution in [0.15, 0.2) is 60.7 Å². The van der Waals surface area contributed by atoms with Gasteiger partial charge in [0.05, 0.1) is 17.3 Å². The minimum Gasteiger partial charge on any atom is -0.481 e. The van der Waals surface area contributed by atoms with E-state index in [-0.39, 0.29) is 11.9 Å². The van der Waals surface area contributed by atoms with E-state index in [0.29, 0.717) is 25.9 Å². The highest BCUT2D eigenvalue weighted by atomic mass is 16.4. The van der Waals surface area contributed by atoms with E-state index in [1.54, 1.807) is 9.80 Å². The van der Waals surface area contributed by atoms with Crippen LogP contribution >= 0.6 is 0 Å². The van der Waals surface area contributed by atoms with Crippen molar-refractivity contribution in [1.29, 1.82) is 0 Å². The topological polar surface area (TPSA) is 60.9 Å². The maximum atomic E-state index is 13.1. The highest BCUT2D eigenvalue weighted by molar-refractivity contribution is 5.99. The summed E-state index contributed by atoms with van der Waals surface area (Å²) in [5.41, 5.74) is 1.60. The highest BCUT2D eigenvalue weighted by Gasteiger charge is 2.30. The van der Waals surface area contributed by atoms with Gasteiger partial charge in [-0.05, 0) is 37.1 Å². The Kier molecular flexibility index (Phi) is 4.79. The molecule has 1 aliphatic heterocycles. The number of para-hydroxylation sites is 2. The summed E-state index contributed by atoms with van der Waals surface area (Å²) in [7, 11) is 0. The van der Waals surface area contributed by atoms with E-state index in [0.717, 1.165) is 11.4 Å². The molecule has 0 aliphatic carbocycles. The minimum absolute atomic E-state index is 0.115. The van der Waals surface area contributed by atoms with Crippen molar-refractivity contribution in [2.24, 2.45) is 5.92 Å². The first-order valence-corrected chi connectivity index (χ1v) is 8.09. The van der Waals surface area contributed by atoms with Gasteiger partial charge in [0.1, 0.15) is 0 Å². The lowest BCUT2D eigenvalue weighted by molar-refractivity contribution is -0.143. The summed E-state index contributed by atoms with van der Waals surface area (Å²) in [6.45, 7) is 0.929. The number of amides is 2. The van der Waals surface area contributed by atoms with Crippen molar-refractivity contribution < 1.29 is 14.7 Å².